The lowest BCUT2D eigenvalue weighted by Gasteiger charge is -2.29. The van der Waals surface area contributed by atoms with Crippen molar-refractivity contribution in [3.8, 4) is 5.75 Å². The zero-order valence-electron chi connectivity index (χ0n) is 13.2. The summed E-state index contributed by atoms with van der Waals surface area (Å²) in [6, 6.07) is 7.53. The molecule has 0 spiro atoms. The second-order valence-electron chi connectivity index (χ2n) is 5.96. The van der Waals surface area contributed by atoms with Crippen molar-refractivity contribution in [2.45, 2.75) is 25.7 Å². The Kier molecular flexibility index (Phi) is 6.45. The molecule has 1 fully saturated rings. The van der Waals surface area contributed by atoms with Crippen LogP contribution in [0.15, 0.2) is 28.7 Å². The minimum absolute atomic E-state index is 0.0235. The van der Waals surface area contributed by atoms with Crippen molar-refractivity contribution in [3.63, 3.8) is 0 Å². The smallest absolute Gasteiger partial charge is 0.306 e. The summed E-state index contributed by atoms with van der Waals surface area (Å²) in [6.07, 6.45) is 2.71. The van der Waals surface area contributed by atoms with E-state index in [1.807, 2.05) is 24.3 Å². The Morgan fingerprint density at radius 3 is 2.57 bits per heavy atom. The second-order valence-corrected chi connectivity index (χ2v) is 6.88. The number of nitrogens with zero attached hydrogens (tertiary/aromatic N) is 1. The molecule has 1 aliphatic rings. The van der Waals surface area contributed by atoms with E-state index in [4.69, 9.17) is 9.84 Å². The van der Waals surface area contributed by atoms with Crippen molar-refractivity contribution in [3.05, 3.63) is 28.7 Å². The van der Waals surface area contributed by atoms with Gasteiger partial charge in [-0.15, -0.1) is 0 Å². The fraction of sp³-hybridized carbons (Fsp3) is 0.529. The fourth-order valence-electron chi connectivity index (χ4n) is 2.89. The van der Waals surface area contributed by atoms with Crippen LogP contribution in [0.3, 0.4) is 0 Å². The van der Waals surface area contributed by atoms with E-state index in [0.29, 0.717) is 26.0 Å². The second kappa shape index (κ2) is 8.34. The van der Waals surface area contributed by atoms with Gasteiger partial charge < -0.3 is 14.7 Å². The van der Waals surface area contributed by atoms with Gasteiger partial charge in [0.2, 0.25) is 5.91 Å². The van der Waals surface area contributed by atoms with Gasteiger partial charge in [-0.2, -0.15) is 0 Å². The molecule has 1 N–H and O–H groups in total. The molecule has 126 valence electrons. The van der Waals surface area contributed by atoms with E-state index in [0.717, 1.165) is 23.1 Å². The van der Waals surface area contributed by atoms with Crippen molar-refractivity contribution in [1.29, 1.82) is 0 Å². The number of carbonyl (C=O) groups excluding carboxylic acids is 1. The molecule has 0 aromatic heterocycles. The standard InChI is InChI=1S/C17H22BrNO4/c1-19(9-10-23-15-7-5-14(18)6-8-15)16(20)12-3-2-4-13(11-12)17(21)22/h5-8,12-13H,2-4,9-11H2,1H3,(H,21,22). The Hall–Kier alpha value is -1.56. The minimum atomic E-state index is -0.788. The number of ether oxygens (including phenoxy) is 1. The maximum absolute atomic E-state index is 12.4. The van der Waals surface area contributed by atoms with Gasteiger partial charge in [-0.1, -0.05) is 22.4 Å². The number of hydrogen-bond acceptors (Lipinski definition) is 3. The molecule has 0 saturated heterocycles. The first-order chi connectivity index (χ1) is 11.0. The molecular weight excluding hydrogens is 362 g/mol. The first-order valence-electron chi connectivity index (χ1n) is 7.83. The summed E-state index contributed by atoms with van der Waals surface area (Å²) in [6.45, 7) is 0.905. The monoisotopic (exact) mass is 383 g/mol. The molecular formula is C17H22BrNO4. The first kappa shape index (κ1) is 17.8. The number of aliphatic carboxylic acids is 1. The summed E-state index contributed by atoms with van der Waals surface area (Å²) in [5.74, 6) is -0.565. The van der Waals surface area contributed by atoms with Gasteiger partial charge in [-0.25, -0.2) is 0 Å². The average Bonchev–Trinajstić information content (AvgIpc) is 2.56. The summed E-state index contributed by atoms with van der Waals surface area (Å²) in [4.78, 5) is 25.2. The lowest BCUT2D eigenvalue weighted by atomic mass is 9.81. The van der Waals surface area contributed by atoms with Crippen LogP contribution >= 0.6 is 15.9 Å². The molecule has 5 nitrogen and oxygen atoms in total. The van der Waals surface area contributed by atoms with Gasteiger partial charge in [0, 0.05) is 17.4 Å². The number of hydrogen-bond donors (Lipinski definition) is 1. The van der Waals surface area contributed by atoms with Gasteiger partial charge in [-0.05, 0) is 43.5 Å². The molecule has 1 saturated carbocycles. The summed E-state index contributed by atoms with van der Waals surface area (Å²) < 4.78 is 6.61. The summed E-state index contributed by atoms with van der Waals surface area (Å²) in [7, 11) is 1.75. The summed E-state index contributed by atoms with van der Waals surface area (Å²) in [5.41, 5.74) is 0. The Bertz CT molecular complexity index is 546. The van der Waals surface area contributed by atoms with Gasteiger partial charge >= 0.3 is 5.97 Å². The number of carboxylic acid groups (broad SMARTS) is 1. The molecule has 2 unspecified atom stereocenters. The van der Waals surface area contributed by atoms with E-state index >= 15 is 0 Å². The zero-order chi connectivity index (χ0) is 16.8. The third-order valence-electron chi connectivity index (χ3n) is 4.26. The number of amides is 1. The third kappa shape index (κ3) is 5.23. The van der Waals surface area contributed by atoms with E-state index in [9.17, 15) is 9.59 Å². The summed E-state index contributed by atoms with van der Waals surface area (Å²) >= 11 is 3.36. The number of likely N-dealkylation sites (N-methyl/N-ethyl adjacent to an activating group) is 1. The SMILES string of the molecule is CN(CCOc1ccc(Br)cc1)C(=O)C1CCCC(C(=O)O)C1. The van der Waals surface area contributed by atoms with Crippen LogP contribution in [-0.2, 0) is 9.59 Å². The molecule has 1 aromatic carbocycles. The third-order valence-corrected chi connectivity index (χ3v) is 4.79. The van der Waals surface area contributed by atoms with E-state index in [1.165, 1.54) is 0 Å². The van der Waals surface area contributed by atoms with Crippen LogP contribution in [0.4, 0.5) is 0 Å². The van der Waals surface area contributed by atoms with Gasteiger partial charge in [0.05, 0.1) is 12.5 Å². The highest BCUT2D eigenvalue weighted by atomic mass is 79.9. The molecule has 1 amide bonds. The molecule has 23 heavy (non-hydrogen) atoms. The zero-order valence-corrected chi connectivity index (χ0v) is 14.8. The van der Waals surface area contributed by atoms with Crippen LogP contribution in [-0.4, -0.2) is 42.1 Å². The minimum Gasteiger partial charge on any atom is -0.492 e. The van der Waals surface area contributed by atoms with Crippen molar-refractivity contribution < 1.29 is 19.4 Å². The molecule has 1 aromatic rings. The largest absolute Gasteiger partial charge is 0.492 e. The molecule has 1 aliphatic carbocycles. The molecule has 2 atom stereocenters. The maximum Gasteiger partial charge on any atom is 0.306 e. The number of carboxylic acids is 1. The molecule has 0 aliphatic heterocycles. The average molecular weight is 384 g/mol. The predicted molar refractivity (Wildman–Crippen MR) is 90.4 cm³/mol. The van der Waals surface area contributed by atoms with Crippen molar-refractivity contribution in [1.82, 2.24) is 4.90 Å². The number of halogens is 1. The molecule has 0 heterocycles. The van der Waals surface area contributed by atoms with Crippen molar-refractivity contribution in [2.75, 3.05) is 20.2 Å². The van der Waals surface area contributed by atoms with E-state index in [2.05, 4.69) is 15.9 Å². The van der Waals surface area contributed by atoms with Gasteiger partial charge in [0.15, 0.2) is 0 Å². The highest BCUT2D eigenvalue weighted by Crippen LogP contribution is 2.30. The fourth-order valence-corrected chi connectivity index (χ4v) is 3.16. The lowest BCUT2D eigenvalue weighted by molar-refractivity contribution is -0.145. The van der Waals surface area contributed by atoms with Crippen LogP contribution < -0.4 is 4.74 Å². The number of carbonyl (C=O) groups is 2. The number of rotatable bonds is 6. The van der Waals surface area contributed by atoms with Crippen molar-refractivity contribution in [2.24, 2.45) is 11.8 Å². The summed E-state index contributed by atoms with van der Waals surface area (Å²) in [5, 5.41) is 9.12. The van der Waals surface area contributed by atoms with E-state index in [1.54, 1.807) is 11.9 Å². The first-order valence-corrected chi connectivity index (χ1v) is 8.63. The van der Waals surface area contributed by atoms with Crippen LogP contribution in [0.2, 0.25) is 0 Å². The highest BCUT2D eigenvalue weighted by Gasteiger charge is 2.32. The van der Waals surface area contributed by atoms with E-state index in [-0.39, 0.29) is 17.7 Å². The topological polar surface area (TPSA) is 66.8 Å². The van der Waals surface area contributed by atoms with Crippen LogP contribution in [0.5, 0.6) is 5.75 Å². The highest BCUT2D eigenvalue weighted by molar-refractivity contribution is 9.10. The van der Waals surface area contributed by atoms with Gasteiger partial charge in [-0.3, -0.25) is 9.59 Å². The van der Waals surface area contributed by atoms with Crippen LogP contribution in [0, 0.1) is 11.8 Å². The van der Waals surface area contributed by atoms with Gasteiger partial charge in [0.25, 0.3) is 0 Å². The molecule has 6 heteroatoms. The number of benzene rings is 1. The van der Waals surface area contributed by atoms with E-state index < -0.39 is 5.97 Å². The molecule has 0 radical (unpaired) electrons. The normalized spacial score (nSPS) is 20.8. The predicted octanol–water partition coefficient (Wildman–Crippen LogP) is 3.18. The Balaban J connectivity index is 1.78. The van der Waals surface area contributed by atoms with Crippen molar-refractivity contribution >= 4 is 27.8 Å². The Morgan fingerprint density at radius 2 is 1.91 bits per heavy atom. The van der Waals surface area contributed by atoms with Gasteiger partial charge in [0.1, 0.15) is 12.4 Å². The van der Waals surface area contributed by atoms with Crippen LogP contribution in [0.1, 0.15) is 25.7 Å². The van der Waals surface area contributed by atoms with Crippen LogP contribution in [0.25, 0.3) is 0 Å². The lowest BCUT2D eigenvalue weighted by Crippen LogP contribution is -2.38. The molecule has 2 rings (SSSR count). The Morgan fingerprint density at radius 1 is 1.26 bits per heavy atom. The maximum atomic E-state index is 12.4. The Labute approximate surface area is 144 Å². The molecule has 0 bridgehead atoms. The quantitative estimate of drug-likeness (QED) is 0.818.